The SMILES string of the molecule is CCCC[n+]1ccn(CC)c1.CCn1cc[n+](C)c1C.CCn1cc[n+](CC)c1.O=S(=O)([O-])C(F)(F)F.O=S(=O)([O-])C(F)(F)F. The smallest absolute Gasteiger partial charge is 0.485 e. The molecule has 0 aliphatic heterocycles. The van der Waals surface area contributed by atoms with Gasteiger partial charge in [0.15, 0.2) is 20.2 Å². The lowest BCUT2D eigenvalue weighted by Crippen LogP contribution is -2.30. The van der Waals surface area contributed by atoms with Gasteiger partial charge in [-0.15, -0.1) is 0 Å². The van der Waals surface area contributed by atoms with Crippen LogP contribution in [0.5, 0.6) is 0 Å². The van der Waals surface area contributed by atoms with Crippen LogP contribution in [0.4, 0.5) is 26.3 Å². The molecular weight excluding hydrogens is 658 g/mol. The van der Waals surface area contributed by atoms with Gasteiger partial charge in [0.2, 0.25) is 12.7 Å². The first-order valence-electron chi connectivity index (χ1n) is 13.6. The van der Waals surface area contributed by atoms with Crippen molar-refractivity contribution in [3.05, 3.63) is 55.7 Å². The molecule has 0 atom stereocenters. The molecule has 3 heterocycles. The zero-order chi connectivity index (χ0) is 35.6. The van der Waals surface area contributed by atoms with Crippen molar-refractivity contribution < 1.29 is 66.0 Å². The number of aryl methyl sites for hydroxylation is 6. The van der Waals surface area contributed by atoms with Gasteiger partial charge < -0.3 is 9.11 Å². The topological polar surface area (TPSA) is 141 Å². The number of rotatable bonds is 7. The van der Waals surface area contributed by atoms with E-state index in [0.717, 1.165) is 32.7 Å². The molecule has 0 aliphatic rings. The molecule has 0 saturated heterocycles. The van der Waals surface area contributed by atoms with Gasteiger partial charge in [0, 0.05) is 6.92 Å². The molecule has 3 rings (SSSR count). The van der Waals surface area contributed by atoms with E-state index < -0.39 is 31.3 Å². The highest BCUT2D eigenvalue weighted by molar-refractivity contribution is 7.86. The zero-order valence-corrected chi connectivity index (χ0v) is 27.9. The number of aromatic nitrogens is 6. The fraction of sp³-hybridized carbons (Fsp3) is 0.640. The molecule has 3 aromatic rings. The molecule has 45 heavy (non-hydrogen) atoms. The van der Waals surface area contributed by atoms with Crippen molar-refractivity contribution in [2.75, 3.05) is 0 Å². The van der Waals surface area contributed by atoms with E-state index in [9.17, 15) is 26.3 Å². The summed E-state index contributed by atoms with van der Waals surface area (Å²) in [5.41, 5.74) is -11.3. The fourth-order valence-corrected chi connectivity index (χ4v) is 2.84. The first-order valence-corrected chi connectivity index (χ1v) is 16.5. The van der Waals surface area contributed by atoms with Gasteiger partial charge in [0.1, 0.15) is 37.2 Å². The molecule has 0 fully saturated rings. The summed E-state index contributed by atoms with van der Waals surface area (Å²) >= 11 is 0. The maximum Gasteiger partial charge on any atom is 0.485 e. The van der Waals surface area contributed by atoms with Crippen molar-refractivity contribution in [3.63, 3.8) is 0 Å². The molecule has 0 saturated carbocycles. The van der Waals surface area contributed by atoms with Gasteiger partial charge >= 0.3 is 11.0 Å². The Kier molecular flexibility index (Phi) is 19.8. The Morgan fingerprint density at radius 1 is 0.711 bits per heavy atom. The number of hydrogen-bond donors (Lipinski definition) is 0. The number of alkyl halides is 6. The van der Waals surface area contributed by atoms with Gasteiger partial charge in [-0.1, -0.05) is 13.3 Å². The van der Waals surface area contributed by atoms with Gasteiger partial charge in [-0.25, -0.2) is 44.2 Å². The third-order valence-electron chi connectivity index (χ3n) is 5.66. The minimum atomic E-state index is -6.09. The molecule has 0 aromatic carbocycles. The van der Waals surface area contributed by atoms with Gasteiger partial charge in [-0.2, -0.15) is 26.3 Å². The second kappa shape index (κ2) is 20.2. The number of halogens is 6. The summed E-state index contributed by atoms with van der Waals surface area (Å²) in [7, 11) is -10.1. The maximum absolute atomic E-state index is 10.7. The highest BCUT2D eigenvalue weighted by Gasteiger charge is 2.37. The van der Waals surface area contributed by atoms with Crippen molar-refractivity contribution in [3.8, 4) is 0 Å². The molecule has 0 N–H and O–H groups in total. The number of imidazole rings is 3. The largest absolute Gasteiger partial charge is 0.741 e. The molecular formula is C25H43F6N6O6S2+. The summed E-state index contributed by atoms with van der Waals surface area (Å²) in [6.07, 6.45) is 19.4. The predicted molar refractivity (Wildman–Crippen MR) is 149 cm³/mol. The molecule has 0 amide bonds. The van der Waals surface area contributed by atoms with E-state index in [4.69, 9.17) is 25.9 Å². The van der Waals surface area contributed by atoms with E-state index >= 15 is 0 Å². The Morgan fingerprint density at radius 3 is 1.33 bits per heavy atom. The van der Waals surface area contributed by atoms with Crippen LogP contribution in [-0.4, -0.2) is 50.7 Å². The molecule has 20 heteroatoms. The van der Waals surface area contributed by atoms with Crippen LogP contribution in [-0.2, 0) is 60.0 Å². The summed E-state index contributed by atoms with van der Waals surface area (Å²) in [5.74, 6) is 1.30. The summed E-state index contributed by atoms with van der Waals surface area (Å²) in [6, 6.07) is 0. The molecule has 0 spiro atoms. The van der Waals surface area contributed by atoms with Crippen LogP contribution in [0.3, 0.4) is 0 Å². The third-order valence-corrected chi connectivity index (χ3v) is 6.80. The molecule has 3 aromatic heterocycles. The molecule has 0 bridgehead atoms. The molecule has 12 nitrogen and oxygen atoms in total. The monoisotopic (exact) mass is 701 g/mol. The summed E-state index contributed by atoms with van der Waals surface area (Å²) in [6.45, 7) is 18.3. The Hall–Kier alpha value is -2.97. The Balaban J connectivity index is 0. The van der Waals surface area contributed by atoms with Crippen LogP contribution in [0.25, 0.3) is 0 Å². The lowest BCUT2D eigenvalue weighted by molar-refractivity contribution is -0.696. The van der Waals surface area contributed by atoms with Crippen LogP contribution in [0.1, 0.15) is 53.3 Å². The minimum absolute atomic E-state index is 1.06. The quantitative estimate of drug-likeness (QED) is 0.161. The van der Waals surface area contributed by atoms with Crippen molar-refractivity contribution in [1.82, 2.24) is 13.7 Å². The summed E-state index contributed by atoms with van der Waals surface area (Å²) < 4.78 is 131. The molecule has 0 aliphatic carbocycles. The summed E-state index contributed by atoms with van der Waals surface area (Å²) in [4.78, 5) is 0. The molecule has 0 radical (unpaired) electrons. The zero-order valence-electron chi connectivity index (χ0n) is 26.3. The predicted octanol–water partition coefficient (Wildman–Crippen LogP) is 3.15. The van der Waals surface area contributed by atoms with E-state index in [0.29, 0.717) is 0 Å². The maximum atomic E-state index is 10.7. The second-order valence-electron chi connectivity index (χ2n) is 8.95. The van der Waals surface area contributed by atoms with Crippen molar-refractivity contribution >= 4 is 20.2 Å². The van der Waals surface area contributed by atoms with Crippen LogP contribution in [0, 0.1) is 6.92 Å². The van der Waals surface area contributed by atoms with E-state index in [1.165, 1.54) is 18.7 Å². The minimum Gasteiger partial charge on any atom is -0.741 e. The molecule has 0 unspecified atom stereocenters. The Bertz CT molecular complexity index is 1390. The second-order valence-corrected chi connectivity index (χ2v) is 11.7. The van der Waals surface area contributed by atoms with Crippen LogP contribution < -0.4 is 13.7 Å². The van der Waals surface area contributed by atoms with Crippen molar-refractivity contribution in [2.24, 2.45) is 7.05 Å². The van der Waals surface area contributed by atoms with E-state index in [-0.39, 0.29) is 0 Å². The van der Waals surface area contributed by atoms with Gasteiger partial charge in [-0.3, -0.25) is 0 Å². The Labute approximate surface area is 260 Å². The normalized spacial score (nSPS) is 11.5. The Morgan fingerprint density at radius 2 is 1.11 bits per heavy atom. The fourth-order valence-electron chi connectivity index (χ4n) is 2.84. The average Bonchev–Trinajstić information content (AvgIpc) is 3.67. The van der Waals surface area contributed by atoms with Crippen molar-refractivity contribution in [2.45, 2.75) is 98.1 Å². The lowest BCUT2D eigenvalue weighted by Gasteiger charge is -2.08. The van der Waals surface area contributed by atoms with E-state index in [1.807, 2.05) is 0 Å². The first kappa shape index (κ1) is 44.2. The highest BCUT2D eigenvalue weighted by atomic mass is 32.2. The van der Waals surface area contributed by atoms with Crippen molar-refractivity contribution in [1.29, 1.82) is 0 Å². The van der Waals surface area contributed by atoms with Crippen LogP contribution in [0.15, 0.2) is 49.8 Å². The lowest BCUT2D eigenvalue weighted by atomic mass is 10.3. The number of hydrogen-bond acceptors (Lipinski definition) is 6. The highest BCUT2D eigenvalue weighted by Crippen LogP contribution is 2.21. The van der Waals surface area contributed by atoms with E-state index in [1.54, 1.807) is 0 Å². The first-order chi connectivity index (χ1) is 20.5. The third kappa shape index (κ3) is 18.6. The summed E-state index contributed by atoms with van der Waals surface area (Å²) in [5, 5.41) is 0. The van der Waals surface area contributed by atoms with Crippen LogP contribution in [0.2, 0.25) is 0 Å². The van der Waals surface area contributed by atoms with Gasteiger partial charge in [0.25, 0.3) is 5.82 Å². The molecule has 262 valence electrons. The van der Waals surface area contributed by atoms with Gasteiger partial charge in [0.05, 0.1) is 39.8 Å². The average molecular weight is 702 g/mol. The number of unbranched alkanes of at least 4 members (excludes halogenated alkanes) is 1. The van der Waals surface area contributed by atoms with Gasteiger partial charge in [-0.05, 0) is 34.1 Å². The standard InChI is InChI=1S/C9H17N2.2C7H13N2.2CHF3O3S/c1-3-5-6-11-8-7-10(4-2)9-11;1-4-9-6-5-8(3)7(9)2;1-3-8-5-6-9(4-2)7-8;2*2-1(3,4)8(5,6)7/h7-9H,3-6H2,1-2H3;5-6H,4H2,1-3H3;5-7H,3-4H2,1-2H3;2*(H,5,6,7)/q3*+1;;/p-2. The van der Waals surface area contributed by atoms with E-state index in [2.05, 4.69) is 126 Å². The number of nitrogens with zero attached hydrogens (tertiary/aromatic N) is 6. The van der Waals surface area contributed by atoms with Crippen LogP contribution >= 0.6 is 0 Å².